The Morgan fingerprint density at radius 2 is 1.96 bits per heavy atom. The smallest absolute Gasteiger partial charge is 0.244 e. The minimum atomic E-state index is -3.62. The van der Waals surface area contributed by atoms with Gasteiger partial charge in [-0.05, 0) is 43.6 Å². The van der Waals surface area contributed by atoms with E-state index >= 15 is 0 Å². The van der Waals surface area contributed by atoms with E-state index in [-0.39, 0.29) is 44.2 Å². The summed E-state index contributed by atoms with van der Waals surface area (Å²) in [6.45, 7) is 1.57. The van der Waals surface area contributed by atoms with Gasteiger partial charge >= 0.3 is 0 Å². The number of nitrogens with one attached hydrogen (secondary N) is 1. The van der Waals surface area contributed by atoms with E-state index in [0.29, 0.717) is 25.2 Å². The molecule has 148 valence electrons. The number of benzene rings is 1. The van der Waals surface area contributed by atoms with Gasteiger partial charge in [-0.15, -0.1) is 0 Å². The summed E-state index contributed by atoms with van der Waals surface area (Å²) in [6, 6.07) is 6.04. The number of carbonyl (C=O) groups is 2. The van der Waals surface area contributed by atoms with Gasteiger partial charge in [0.25, 0.3) is 0 Å². The Labute approximate surface area is 158 Å². The molecule has 7 nitrogen and oxygen atoms in total. The normalized spacial score (nSPS) is 20.6. The van der Waals surface area contributed by atoms with Crippen molar-refractivity contribution in [2.45, 2.75) is 24.1 Å². The first-order valence-corrected chi connectivity index (χ1v) is 10.8. The largest absolute Gasteiger partial charge is 0.335 e. The van der Waals surface area contributed by atoms with Gasteiger partial charge in [0.15, 0.2) is 14.6 Å². The summed E-state index contributed by atoms with van der Waals surface area (Å²) in [7, 11) is -3.62. The number of amides is 2. The molecule has 2 fully saturated rings. The molecule has 1 N–H and O–H groups in total. The molecule has 1 aromatic rings. The van der Waals surface area contributed by atoms with Gasteiger partial charge in [0.05, 0.1) is 6.54 Å². The topological polar surface area (TPSA) is 86.8 Å². The number of piperidine rings is 1. The third kappa shape index (κ3) is 3.98. The van der Waals surface area contributed by atoms with Crippen LogP contribution in [0.4, 0.5) is 4.39 Å². The van der Waals surface area contributed by atoms with Gasteiger partial charge in [-0.25, -0.2) is 12.8 Å². The van der Waals surface area contributed by atoms with Crippen LogP contribution in [0.15, 0.2) is 24.3 Å². The maximum atomic E-state index is 13.3. The van der Waals surface area contributed by atoms with Gasteiger partial charge in [-0.3, -0.25) is 9.59 Å². The van der Waals surface area contributed by atoms with Crippen LogP contribution in [0.5, 0.6) is 0 Å². The summed E-state index contributed by atoms with van der Waals surface area (Å²) in [5, 5.41) is 3.08. The second-order valence-electron chi connectivity index (χ2n) is 7.19. The summed E-state index contributed by atoms with van der Waals surface area (Å²) >= 11 is 0. The lowest BCUT2D eigenvalue weighted by atomic mass is 9.94. The third-order valence-corrected chi connectivity index (χ3v) is 7.38. The number of nitrogens with zero attached hydrogens (tertiary/aromatic N) is 2. The Bertz CT molecular complexity index is 837. The zero-order chi connectivity index (χ0) is 19.7. The Morgan fingerprint density at radius 1 is 1.26 bits per heavy atom. The standard InChI is InChI=1S/C18H24FN3O4S/c1-27(25,26)18(5-7-20-8-6-18)17(24)22-10-9-21(16(23)13-22)12-14-3-2-4-15(19)11-14/h2-4,11,20H,5-10,12-13H2,1H3. The van der Waals surface area contributed by atoms with Crippen LogP contribution in [0.1, 0.15) is 18.4 Å². The molecule has 2 heterocycles. The summed E-state index contributed by atoms with van der Waals surface area (Å²) < 4.78 is 36.7. The van der Waals surface area contributed by atoms with Crippen molar-refractivity contribution in [1.29, 1.82) is 0 Å². The fraction of sp³-hybridized carbons (Fsp3) is 0.556. The van der Waals surface area contributed by atoms with Crippen molar-refractivity contribution in [1.82, 2.24) is 15.1 Å². The number of hydrogen-bond donors (Lipinski definition) is 1. The van der Waals surface area contributed by atoms with Crippen molar-refractivity contribution in [3.8, 4) is 0 Å². The molecule has 0 aromatic heterocycles. The summed E-state index contributed by atoms with van der Waals surface area (Å²) in [6.07, 6.45) is 1.52. The highest BCUT2D eigenvalue weighted by Crippen LogP contribution is 2.30. The highest BCUT2D eigenvalue weighted by Gasteiger charge is 2.51. The van der Waals surface area contributed by atoms with Crippen LogP contribution in [-0.4, -0.2) is 73.8 Å². The van der Waals surface area contributed by atoms with Gasteiger partial charge in [0, 0.05) is 25.9 Å². The highest BCUT2D eigenvalue weighted by atomic mass is 32.2. The molecule has 27 heavy (non-hydrogen) atoms. The number of sulfone groups is 1. The first-order valence-electron chi connectivity index (χ1n) is 8.95. The van der Waals surface area contributed by atoms with Gasteiger partial charge in [0.2, 0.25) is 11.8 Å². The molecule has 0 bridgehead atoms. The molecule has 0 unspecified atom stereocenters. The maximum absolute atomic E-state index is 13.3. The van der Waals surface area contributed by atoms with Crippen LogP contribution < -0.4 is 5.32 Å². The lowest BCUT2D eigenvalue weighted by Gasteiger charge is -2.41. The second kappa shape index (κ2) is 7.55. The number of rotatable bonds is 4. The molecule has 2 saturated heterocycles. The van der Waals surface area contributed by atoms with E-state index in [1.54, 1.807) is 17.0 Å². The third-order valence-electron chi connectivity index (χ3n) is 5.38. The average molecular weight is 397 g/mol. The fourth-order valence-corrected chi connectivity index (χ4v) is 5.16. The number of carbonyl (C=O) groups excluding carboxylic acids is 2. The molecule has 0 aliphatic carbocycles. The predicted molar refractivity (Wildman–Crippen MR) is 98.1 cm³/mol. The van der Waals surface area contributed by atoms with Crippen molar-refractivity contribution < 1.29 is 22.4 Å². The summed E-state index contributed by atoms with van der Waals surface area (Å²) in [4.78, 5) is 28.5. The molecule has 1 aromatic carbocycles. The second-order valence-corrected chi connectivity index (χ2v) is 9.51. The minimum absolute atomic E-state index is 0.154. The minimum Gasteiger partial charge on any atom is -0.335 e. The monoisotopic (exact) mass is 397 g/mol. The van der Waals surface area contributed by atoms with Crippen LogP contribution >= 0.6 is 0 Å². The highest BCUT2D eigenvalue weighted by molar-refractivity contribution is 7.92. The van der Waals surface area contributed by atoms with Crippen molar-refractivity contribution in [3.05, 3.63) is 35.6 Å². The van der Waals surface area contributed by atoms with Crippen LogP contribution in [0.25, 0.3) is 0 Å². The first kappa shape index (κ1) is 19.8. The molecule has 0 saturated carbocycles. The summed E-state index contributed by atoms with van der Waals surface area (Å²) in [5.41, 5.74) is 0.675. The molecular formula is C18H24FN3O4S. The molecule has 0 atom stereocenters. The zero-order valence-electron chi connectivity index (χ0n) is 15.3. The molecule has 3 rings (SSSR count). The van der Waals surface area contributed by atoms with E-state index in [9.17, 15) is 22.4 Å². The van der Waals surface area contributed by atoms with E-state index < -0.39 is 20.5 Å². The van der Waals surface area contributed by atoms with Crippen LogP contribution in [0.3, 0.4) is 0 Å². The zero-order valence-corrected chi connectivity index (χ0v) is 16.1. The molecule has 2 amide bonds. The Kier molecular flexibility index (Phi) is 5.53. The predicted octanol–water partition coefficient (Wildman–Crippen LogP) is 0.163. The number of hydrogen-bond acceptors (Lipinski definition) is 5. The molecule has 9 heteroatoms. The lowest BCUT2D eigenvalue weighted by molar-refractivity contribution is -0.147. The van der Waals surface area contributed by atoms with Gasteiger partial charge in [-0.2, -0.15) is 0 Å². The average Bonchev–Trinajstić information content (AvgIpc) is 2.62. The maximum Gasteiger partial charge on any atom is 0.244 e. The van der Waals surface area contributed by atoms with Crippen molar-refractivity contribution in [2.75, 3.05) is 39.0 Å². The summed E-state index contributed by atoms with van der Waals surface area (Å²) in [5.74, 6) is -1.11. The van der Waals surface area contributed by atoms with Gasteiger partial charge < -0.3 is 15.1 Å². The SMILES string of the molecule is CS(=O)(=O)C1(C(=O)N2CCN(Cc3cccc(F)c3)C(=O)C2)CCNCC1. The van der Waals surface area contributed by atoms with E-state index in [1.807, 2.05) is 0 Å². The van der Waals surface area contributed by atoms with Gasteiger partial charge in [-0.1, -0.05) is 12.1 Å². The quantitative estimate of drug-likeness (QED) is 0.782. The van der Waals surface area contributed by atoms with E-state index in [4.69, 9.17) is 0 Å². The number of piperazine rings is 1. The van der Waals surface area contributed by atoms with E-state index in [2.05, 4.69) is 5.32 Å². The fourth-order valence-electron chi connectivity index (χ4n) is 3.77. The van der Waals surface area contributed by atoms with Crippen molar-refractivity contribution in [2.24, 2.45) is 0 Å². The lowest BCUT2D eigenvalue weighted by Crippen LogP contribution is -2.62. The van der Waals surface area contributed by atoms with Crippen molar-refractivity contribution in [3.63, 3.8) is 0 Å². The molecular weight excluding hydrogens is 373 g/mol. The van der Waals surface area contributed by atoms with Crippen molar-refractivity contribution >= 4 is 21.7 Å². The first-order chi connectivity index (χ1) is 12.7. The van der Waals surface area contributed by atoms with Crippen LogP contribution in [0.2, 0.25) is 0 Å². The Balaban J connectivity index is 1.71. The Hall–Kier alpha value is -2.00. The van der Waals surface area contributed by atoms with E-state index in [0.717, 1.165) is 6.26 Å². The van der Waals surface area contributed by atoms with Crippen LogP contribution in [0, 0.1) is 5.82 Å². The van der Waals surface area contributed by atoms with Gasteiger partial charge in [0.1, 0.15) is 5.82 Å². The molecule has 0 radical (unpaired) electrons. The van der Waals surface area contributed by atoms with E-state index in [1.165, 1.54) is 17.0 Å². The number of halogens is 1. The molecule has 2 aliphatic rings. The molecule has 2 aliphatic heterocycles. The molecule has 0 spiro atoms. The van der Waals surface area contributed by atoms with Crippen LogP contribution in [-0.2, 0) is 26.0 Å². The Morgan fingerprint density at radius 3 is 2.56 bits per heavy atom.